The number of esters is 4. The van der Waals surface area contributed by atoms with Gasteiger partial charge in [0.25, 0.3) is 0 Å². The van der Waals surface area contributed by atoms with E-state index in [0.717, 1.165) is 5.56 Å². The number of carbonyl (C=O) groups excluding carboxylic acids is 4. The Morgan fingerprint density at radius 1 is 0.667 bits per heavy atom. The van der Waals surface area contributed by atoms with Crippen LogP contribution in [0.2, 0.25) is 0 Å². The third-order valence-electron chi connectivity index (χ3n) is 9.76. The first-order valence-electron chi connectivity index (χ1n) is 21.2. The highest BCUT2D eigenvalue weighted by Crippen LogP contribution is 2.25. The van der Waals surface area contributed by atoms with Crippen LogP contribution in [0.3, 0.4) is 0 Å². The minimum Gasteiger partial charge on any atom is -0.487 e. The number of rotatable bonds is 19. The lowest BCUT2D eigenvalue weighted by atomic mass is 10.0. The number of nitrogens with zero attached hydrogens (tertiary/aromatic N) is 4. The number of benzene rings is 2. The van der Waals surface area contributed by atoms with Crippen molar-refractivity contribution in [2.24, 2.45) is 0 Å². The Morgan fingerprint density at radius 2 is 1.16 bits per heavy atom. The molecular formula is C45H66F4N4O10. The van der Waals surface area contributed by atoms with Gasteiger partial charge in [-0.15, -0.1) is 0 Å². The molecule has 354 valence electrons. The van der Waals surface area contributed by atoms with E-state index in [4.69, 9.17) is 28.4 Å². The second-order valence-electron chi connectivity index (χ2n) is 17.3. The van der Waals surface area contributed by atoms with Crippen LogP contribution in [0.4, 0.5) is 17.6 Å². The summed E-state index contributed by atoms with van der Waals surface area (Å²) in [7, 11) is 1.31. The Morgan fingerprint density at radius 3 is 1.60 bits per heavy atom. The van der Waals surface area contributed by atoms with E-state index in [9.17, 15) is 36.7 Å². The van der Waals surface area contributed by atoms with E-state index in [1.165, 1.54) is 19.2 Å². The van der Waals surface area contributed by atoms with Gasteiger partial charge >= 0.3 is 36.2 Å². The molecule has 2 aromatic carbocycles. The van der Waals surface area contributed by atoms with Crippen LogP contribution in [0.15, 0.2) is 54.6 Å². The van der Waals surface area contributed by atoms with Gasteiger partial charge in [-0.1, -0.05) is 42.5 Å². The van der Waals surface area contributed by atoms with Crippen molar-refractivity contribution in [1.82, 2.24) is 19.6 Å². The van der Waals surface area contributed by atoms with Crippen LogP contribution >= 0.6 is 0 Å². The fourth-order valence-electron chi connectivity index (χ4n) is 6.69. The van der Waals surface area contributed by atoms with Crippen molar-refractivity contribution in [2.45, 2.75) is 97.1 Å². The topological polar surface area (TPSA) is 137 Å². The van der Waals surface area contributed by atoms with E-state index in [-0.39, 0.29) is 97.4 Å². The molecule has 63 heavy (non-hydrogen) atoms. The van der Waals surface area contributed by atoms with Gasteiger partial charge in [-0.3, -0.25) is 38.8 Å². The summed E-state index contributed by atoms with van der Waals surface area (Å²) in [5.74, 6) is -6.38. The maximum Gasteiger partial charge on any atom is 0.340 e. The molecule has 0 amide bonds. The van der Waals surface area contributed by atoms with Gasteiger partial charge in [-0.25, -0.2) is 8.78 Å². The molecule has 1 unspecified atom stereocenters. The number of hydrogen-bond donors (Lipinski definition) is 0. The summed E-state index contributed by atoms with van der Waals surface area (Å²) in [6.45, 7) is 13.0. The highest BCUT2D eigenvalue weighted by atomic mass is 19.3. The second-order valence-corrected chi connectivity index (χ2v) is 17.3. The molecule has 1 aliphatic heterocycles. The summed E-state index contributed by atoms with van der Waals surface area (Å²) in [4.78, 5) is 61.4. The number of alkyl halides is 4. The SMILES string of the molecule is CCOC(=O)C(Cc1ccc(OCC(F)(F)C(F)F)cc1)N1CCN(CC(=O)OC(C)(C)C)CCN([C@@H](COCc2ccccc2)C(=O)OC)CCN(CC(=O)OC(C)(C)C)CC1. The van der Waals surface area contributed by atoms with E-state index < -0.39 is 66.1 Å². The molecule has 0 aliphatic carbocycles. The summed E-state index contributed by atoms with van der Waals surface area (Å²) in [5.41, 5.74) is 0.00553. The van der Waals surface area contributed by atoms with Crippen LogP contribution in [0, 0.1) is 0 Å². The van der Waals surface area contributed by atoms with Crippen molar-refractivity contribution in [2.75, 3.05) is 92.4 Å². The fraction of sp³-hybridized carbons (Fsp3) is 0.644. The predicted octanol–water partition coefficient (Wildman–Crippen LogP) is 5.10. The Bertz CT molecular complexity index is 1660. The summed E-state index contributed by atoms with van der Waals surface area (Å²) < 4.78 is 85.7. The smallest absolute Gasteiger partial charge is 0.340 e. The molecule has 2 aromatic rings. The number of hydrogen-bond acceptors (Lipinski definition) is 14. The quantitative estimate of drug-likeness (QED) is 0.105. The lowest BCUT2D eigenvalue weighted by Gasteiger charge is -2.38. The molecule has 1 fully saturated rings. The fourth-order valence-corrected chi connectivity index (χ4v) is 6.69. The van der Waals surface area contributed by atoms with E-state index in [2.05, 4.69) is 0 Å². The number of methoxy groups -OCH3 is 1. The maximum absolute atomic E-state index is 13.8. The van der Waals surface area contributed by atoms with Crippen molar-refractivity contribution in [1.29, 1.82) is 0 Å². The maximum atomic E-state index is 13.8. The zero-order valence-corrected chi connectivity index (χ0v) is 37.9. The Hall–Kier alpha value is -4.36. The molecule has 14 nitrogen and oxygen atoms in total. The first-order valence-corrected chi connectivity index (χ1v) is 21.2. The average molecular weight is 899 g/mol. The summed E-state index contributed by atoms with van der Waals surface area (Å²) in [6.07, 6.45) is -3.79. The summed E-state index contributed by atoms with van der Waals surface area (Å²) in [6, 6.07) is 13.6. The van der Waals surface area contributed by atoms with Crippen LogP contribution in [0.5, 0.6) is 5.75 Å². The monoisotopic (exact) mass is 898 g/mol. The van der Waals surface area contributed by atoms with E-state index in [1.54, 1.807) is 60.6 Å². The van der Waals surface area contributed by atoms with Gasteiger partial charge in [0, 0.05) is 52.4 Å². The normalized spacial score (nSPS) is 16.9. The molecule has 18 heteroatoms. The second kappa shape index (κ2) is 25.2. The van der Waals surface area contributed by atoms with E-state index in [0.29, 0.717) is 5.56 Å². The molecule has 1 aliphatic rings. The largest absolute Gasteiger partial charge is 0.487 e. The first kappa shape index (κ1) is 53.0. The van der Waals surface area contributed by atoms with Crippen LogP contribution in [-0.2, 0) is 55.9 Å². The van der Waals surface area contributed by atoms with Gasteiger partial charge in [0.05, 0.1) is 40.0 Å². The zero-order chi connectivity index (χ0) is 46.8. The third-order valence-corrected chi connectivity index (χ3v) is 9.76. The highest BCUT2D eigenvalue weighted by Gasteiger charge is 2.42. The molecule has 2 atom stereocenters. The molecule has 0 radical (unpaired) electrons. The van der Waals surface area contributed by atoms with Gasteiger partial charge in [0.15, 0.2) is 6.61 Å². The molecule has 0 saturated carbocycles. The van der Waals surface area contributed by atoms with Gasteiger partial charge in [-0.05, 0) is 78.1 Å². The van der Waals surface area contributed by atoms with Crippen LogP contribution in [0.1, 0.15) is 59.6 Å². The van der Waals surface area contributed by atoms with Crippen molar-refractivity contribution in [3.63, 3.8) is 0 Å². The number of halogens is 4. The van der Waals surface area contributed by atoms with Crippen LogP contribution in [-0.4, -0.2) is 171 Å². The Labute approximate surface area is 369 Å². The molecule has 0 aromatic heterocycles. The van der Waals surface area contributed by atoms with Crippen molar-refractivity contribution >= 4 is 23.9 Å². The molecule has 1 heterocycles. The third kappa shape index (κ3) is 19.9. The van der Waals surface area contributed by atoms with Crippen LogP contribution < -0.4 is 4.74 Å². The average Bonchev–Trinajstić information content (AvgIpc) is 3.19. The summed E-state index contributed by atoms with van der Waals surface area (Å²) in [5, 5.41) is 0. The Kier molecular flexibility index (Phi) is 21.2. The van der Waals surface area contributed by atoms with Crippen molar-refractivity contribution < 1.29 is 65.2 Å². The van der Waals surface area contributed by atoms with Crippen molar-refractivity contribution in [3.8, 4) is 5.75 Å². The number of carbonyl (C=O) groups is 4. The standard InChI is InChI=1S/C45H66F4N4O10/c1-9-60-41(57)36(27-33-15-17-35(18-16-33)61-32-45(48,49)42(46)47)52-23-19-50(28-38(54)62-43(2,3)4)21-25-53(26-22-51(20-24-52)29-39(55)63-44(5,6)7)37(40(56)58-8)31-59-30-34-13-11-10-12-14-34/h10-18,36-37,42H,9,19-32H2,1-8H3/t36?,37-/m0/s1. The van der Waals surface area contributed by atoms with Gasteiger partial charge < -0.3 is 28.4 Å². The van der Waals surface area contributed by atoms with Crippen LogP contribution in [0.25, 0.3) is 0 Å². The summed E-state index contributed by atoms with van der Waals surface area (Å²) >= 11 is 0. The zero-order valence-electron chi connectivity index (χ0n) is 37.9. The Balaban J connectivity index is 1.99. The molecule has 0 bridgehead atoms. The molecule has 3 rings (SSSR count). The number of ether oxygens (including phenoxy) is 6. The highest BCUT2D eigenvalue weighted by molar-refractivity contribution is 5.77. The van der Waals surface area contributed by atoms with E-state index in [1.807, 2.05) is 49.9 Å². The molecule has 1 saturated heterocycles. The molecular weight excluding hydrogens is 833 g/mol. The predicted molar refractivity (Wildman–Crippen MR) is 227 cm³/mol. The lowest BCUT2D eigenvalue weighted by Crippen LogP contribution is -2.55. The minimum absolute atomic E-state index is 0.00395. The first-order chi connectivity index (χ1) is 29.6. The van der Waals surface area contributed by atoms with Gasteiger partial charge in [-0.2, -0.15) is 8.78 Å². The molecule has 0 spiro atoms. The lowest BCUT2D eigenvalue weighted by molar-refractivity contribution is -0.157. The van der Waals surface area contributed by atoms with E-state index >= 15 is 0 Å². The van der Waals surface area contributed by atoms with Crippen molar-refractivity contribution in [3.05, 3.63) is 65.7 Å². The minimum atomic E-state index is -4.33. The van der Waals surface area contributed by atoms with Gasteiger partial charge in [0.2, 0.25) is 0 Å². The van der Waals surface area contributed by atoms with Gasteiger partial charge in [0.1, 0.15) is 29.0 Å². The molecule has 0 N–H and O–H groups in total.